The van der Waals surface area contributed by atoms with Gasteiger partial charge in [0.05, 0.1) is 19.5 Å². The molecule has 20 heavy (non-hydrogen) atoms. The lowest BCUT2D eigenvalue weighted by molar-refractivity contribution is -0.197. The third kappa shape index (κ3) is 5.79. The van der Waals surface area contributed by atoms with Crippen LogP contribution in [0.25, 0.3) is 0 Å². The number of unbranched alkanes of at least 4 members (excludes halogenated alkanes) is 5. The molecule has 3 N–H and O–H groups in total. The Kier molecular flexibility index (Phi) is 8.85. The number of allylic oxidation sites excluding steroid dienone is 1. The second kappa shape index (κ2) is 10.2. The maximum absolute atomic E-state index is 9.84. The van der Waals surface area contributed by atoms with Gasteiger partial charge in [-0.2, -0.15) is 0 Å². The number of hydrogen-bond acceptors (Lipinski definition) is 5. The largest absolute Gasteiger partial charge is 0.493 e. The Labute approximate surface area is 121 Å². The summed E-state index contributed by atoms with van der Waals surface area (Å²) in [4.78, 5) is 0. The molecule has 0 aliphatic carbocycles. The van der Waals surface area contributed by atoms with Crippen LogP contribution in [-0.2, 0) is 9.47 Å². The predicted molar refractivity (Wildman–Crippen MR) is 76.2 cm³/mol. The number of aliphatic hydroxyl groups is 3. The third-order valence-electron chi connectivity index (χ3n) is 3.56. The molecule has 1 saturated heterocycles. The minimum Gasteiger partial charge on any atom is -0.493 e. The molecule has 0 aromatic rings. The molecule has 0 bridgehead atoms. The monoisotopic (exact) mass is 288 g/mol. The van der Waals surface area contributed by atoms with E-state index in [0.29, 0.717) is 0 Å². The SMILES string of the molecule is CCCCCCC/C=C/O[C@H]1[C@H](O)[C@@H](O)CO[C@@H]1CO. The first kappa shape index (κ1) is 17.4. The van der Waals surface area contributed by atoms with Gasteiger partial charge in [0.2, 0.25) is 0 Å². The summed E-state index contributed by atoms with van der Waals surface area (Å²) in [7, 11) is 0. The highest BCUT2D eigenvalue weighted by atomic mass is 16.6. The van der Waals surface area contributed by atoms with Crippen molar-refractivity contribution in [3.8, 4) is 0 Å². The fraction of sp³-hybridized carbons (Fsp3) is 0.867. The van der Waals surface area contributed by atoms with Crippen molar-refractivity contribution in [1.82, 2.24) is 0 Å². The van der Waals surface area contributed by atoms with Crippen molar-refractivity contribution in [2.75, 3.05) is 13.2 Å². The molecule has 0 saturated carbocycles. The summed E-state index contributed by atoms with van der Waals surface area (Å²) in [5.74, 6) is 0. The van der Waals surface area contributed by atoms with Gasteiger partial charge in [-0.3, -0.25) is 0 Å². The van der Waals surface area contributed by atoms with E-state index in [1.165, 1.54) is 31.9 Å². The van der Waals surface area contributed by atoms with Crippen LogP contribution in [0.3, 0.4) is 0 Å². The first-order valence-corrected chi connectivity index (χ1v) is 7.59. The van der Waals surface area contributed by atoms with Crippen molar-refractivity contribution in [3.63, 3.8) is 0 Å². The summed E-state index contributed by atoms with van der Waals surface area (Å²) in [5, 5.41) is 28.5. The van der Waals surface area contributed by atoms with Crippen LogP contribution in [0, 0.1) is 0 Å². The Morgan fingerprint density at radius 3 is 2.65 bits per heavy atom. The molecular formula is C15H28O5. The van der Waals surface area contributed by atoms with Crippen molar-refractivity contribution in [3.05, 3.63) is 12.3 Å². The minimum absolute atomic E-state index is 0.0212. The lowest BCUT2D eigenvalue weighted by atomic mass is 10.0. The van der Waals surface area contributed by atoms with Crippen LogP contribution in [0.4, 0.5) is 0 Å². The second-order valence-corrected chi connectivity index (χ2v) is 5.29. The zero-order valence-electron chi connectivity index (χ0n) is 12.3. The quantitative estimate of drug-likeness (QED) is 0.441. The molecule has 1 rings (SSSR count). The van der Waals surface area contributed by atoms with E-state index < -0.39 is 24.4 Å². The van der Waals surface area contributed by atoms with Crippen LogP contribution in [0.1, 0.15) is 45.4 Å². The fourth-order valence-electron chi connectivity index (χ4n) is 2.26. The molecule has 118 valence electrons. The van der Waals surface area contributed by atoms with Crippen LogP contribution in [0.15, 0.2) is 12.3 Å². The Morgan fingerprint density at radius 2 is 1.95 bits per heavy atom. The zero-order valence-corrected chi connectivity index (χ0v) is 12.3. The molecule has 1 fully saturated rings. The lowest BCUT2D eigenvalue weighted by Gasteiger charge is -2.36. The van der Waals surface area contributed by atoms with E-state index >= 15 is 0 Å². The molecule has 1 heterocycles. The van der Waals surface area contributed by atoms with E-state index in [-0.39, 0.29) is 13.2 Å². The first-order chi connectivity index (χ1) is 9.70. The van der Waals surface area contributed by atoms with Crippen LogP contribution in [-0.4, -0.2) is 52.9 Å². The van der Waals surface area contributed by atoms with Crippen LogP contribution in [0.2, 0.25) is 0 Å². The van der Waals surface area contributed by atoms with Crippen molar-refractivity contribution >= 4 is 0 Å². The lowest BCUT2D eigenvalue weighted by Crippen LogP contribution is -2.54. The second-order valence-electron chi connectivity index (χ2n) is 5.29. The number of aliphatic hydroxyl groups excluding tert-OH is 3. The molecule has 1 aliphatic heterocycles. The van der Waals surface area contributed by atoms with Gasteiger partial charge < -0.3 is 24.8 Å². The van der Waals surface area contributed by atoms with Crippen LogP contribution in [0.5, 0.6) is 0 Å². The van der Waals surface area contributed by atoms with Gasteiger partial charge in [0.15, 0.2) is 6.10 Å². The smallest absolute Gasteiger partial charge is 0.154 e. The van der Waals surface area contributed by atoms with Crippen LogP contribution >= 0.6 is 0 Å². The van der Waals surface area contributed by atoms with Gasteiger partial charge in [0, 0.05) is 0 Å². The highest BCUT2D eigenvalue weighted by molar-refractivity contribution is 4.89. The van der Waals surface area contributed by atoms with Gasteiger partial charge in [-0.05, 0) is 18.9 Å². The van der Waals surface area contributed by atoms with E-state index in [2.05, 4.69) is 6.92 Å². The van der Waals surface area contributed by atoms with Crippen molar-refractivity contribution in [2.45, 2.75) is 69.9 Å². The summed E-state index contributed by atoms with van der Waals surface area (Å²) in [6.45, 7) is 1.98. The third-order valence-corrected chi connectivity index (χ3v) is 3.56. The molecule has 0 aromatic heterocycles. The number of hydrogen-bond donors (Lipinski definition) is 3. The highest BCUT2D eigenvalue weighted by Gasteiger charge is 2.39. The molecule has 0 unspecified atom stereocenters. The van der Waals surface area contributed by atoms with Gasteiger partial charge in [-0.1, -0.05) is 32.6 Å². The highest BCUT2D eigenvalue weighted by Crippen LogP contribution is 2.19. The predicted octanol–water partition coefficient (Wildman–Crippen LogP) is 1.36. The first-order valence-electron chi connectivity index (χ1n) is 7.59. The van der Waals surface area contributed by atoms with Crippen LogP contribution < -0.4 is 0 Å². The van der Waals surface area contributed by atoms with Crippen molar-refractivity contribution in [2.24, 2.45) is 0 Å². The summed E-state index contributed by atoms with van der Waals surface area (Å²) < 4.78 is 10.6. The summed E-state index contributed by atoms with van der Waals surface area (Å²) in [5.41, 5.74) is 0. The van der Waals surface area contributed by atoms with E-state index in [4.69, 9.17) is 14.6 Å². The van der Waals surface area contributed by atoms with E-state index in [0.717, 1.165) is 12.8 Å². The van der Waals surface area contributed by atoms with Gasteiger partial charge >= 0.3 is 0 Å². The average Bonchev–Trinajstić information content (AvgIpc) is 2.46. The maximum atomic E-state index is 9.84. The van der Waals surface area contributed by atoms with Gasteiger partial charge in [0.25, 0.3) is 0 Å². The van der Waals surface area contributed by atoms with E-state index in [1.807, 2.05) is 6.08 Å². The standard InChI is InChI=1S/C15H28O5/c1-2-3-4-5-6-7-8-9-19-15-13(10-16)20-11-12(17)14(15)18/h8-9,12-18H,2-7,10-11H2,1H3/b9-8+/t12-,13+,14+,15+/m0/s1. The number of rotatable bonds is 9. The molecule has 0 spiro atoms. The zero-order chi connectivity index (χ0) is 14.8. The normalized spacial score (nSPS) is 30.8. The van der Waals surface area contributed by atoms with Gasteiger partial charge in [-0.15, -0.1) is 0 Å². The molecule has 0 radical (unpaired) electrons. The van der Waals surface area contributed by atoms with E-state index in [9.17, 15) is 10.2 Å². The minimum atomic E-state index is -1.03. The molecule has 1 aliphatic rings. The van der Waals surface area contributed by atoms with Gasteiger partial charge in [0.1, 0.15) is 18.3 Å². The summed E-state index contributed by atoms with van der Waals surface area (Å²) >= 11 is 0. The molecule has 4 atom stereocenters. The molecule has 5 heteroatoms. The molecule has 5 nitrogen and oxygen atoms in total. The number of ether oxygens (including phenoxy) is 2. The molecular weight excluding hydrogens is 260 g/mol. The molecule has 0 amide bonds. The van der Waals surface area contributed by atoms with Gasteiger partial charge in [-0.25, -0.2) is 0 Å². The van der Waals surface area contributed by atoms with Crippen molar-refractivity contribution in [1.29, 1.82) is 0 Å². The van der Waals surface area contributed by atoms with Crippen molar-refractivity contribution < 1.29 is 24.8 Å². The fourth-order valence-corrected chi connectivity index (χ4v) is 2.26. The Bertz CT molecular complexity index is 267. The summed E-state index contributed by atoms with van der Waals surface area (Å²) in [6, 6.07) is 0. The Balaban J connectivity index is 2.23. The average molecular weight is 288 g/mol. The summed E-state index contributed by atoms with van der Waals surface area (Å²) in [6.07, 6.45) is 7.18. The Hall–Kier alpha value is -0.620. The Morgan fingerprint density at radius 1 is 1.20 bits per heavy atom. The topological polar surface area (TPSA) is 79.2 Å². The van der Waals surface area contributed by atoms with E-state index in [1.54, 1.807) is 0 Å². The molecule has 0 aromatic carbocycles. The maximum Gasteiger partial charge on any atom is 0.154 e.